The van der Waals surface area contributed by atoms with Crippen LogP contribution in [0, 0.1) is 25.2 Å². The van der Waals surface area contributed by atoms with Crippen molar-refractivity contribution in [2.24, 2.45) is 0 Å². The van der Waals surface area contributed by atoms with Gasteiger partial charge in [0.25, 0.3) is 0 Å². The number of rotatable bonds is 3. The molecular weight excluding hydrogens is 348 g/mol. The summed E-state index contributed by atoms with van der Waals surface area (Å²) in [5, 5.41) is 10.6. The molecule has 2 N–H and O–H groups in total. The molecule has 0 aliphatic rings. The molecule has 6 nitrogen and oxygen atoms in total. The summed E-state index contributed by atoms with van der Waals surface area (Å²) in [5.74, 6) is -1.61. The molecule has 4 rings (SSSR count). The van der Waals surface area contributed by atoms with Crippen LogP contribution in [0.25, 0.3) is 21.3 Å². The molecule has 1 unspecified atom stereocenters. The van der Waals surface area contributed by atoms with Crippen LogP contribution < -0.4 is 5.73 Å². The van der Waals surface area contributed by atoms with E-state index in [0.717, 1.165) is 21.5 Å². The number of pyridine rings is 1. The summed E-state index contributed by atoms with van der Waals surface area (Å²) in [5.41, 5.74) is 9.09. The molecule has 0 aliphatic carbocycles. The van der Waals surface area contributed by atoms with Gasteiger partial charge in [-0.25, -0.2) is 9.97 Å². The molecular formula is C19H14N4O2S. The zero-order chi connectivity index (χ0) is 18.4. The minimum Gasteiger partial charge on any atom is -0.432 e. The predicted octanol–water partition coefficient (Wildman–Crippen LogP) is 4.13. The first-order chi connectivity index (χ1) is 12.5. The molecule has 0 bridgehead atoms. The van der Waals surface area contributed by atoms with Gasteiger partial charge in [-0.05, 0) is 37.6 Å². The number of Topliss-reactive ketones (excluding diaryl/α,β-unsaturated/α-hetero) is 1. The summed E-state index contributed by atoms with van der Waals surface area (Å²) >= 11 is 1.32. The van der Waals surface area contributed by atoms with E-state index in [1.54, 1.807) is 0 Å². The number of aromatic nitrogens is 2. The molecule has 128 valence electrons. The quantitative estimate of drug-likeness (QED) is 0.549. The summed E-state index contributed by atoms with van der Waals surface area (Å²) in [4.78, 5) is 21.7. The third-order valence-corrected chi connectivity index (χ3v) is 5.30. The number of carbonyl (C=O) groups excluding carboxylic acids is 1. The number of aryl methyl sites for hydroxylation is 2. The Morgan fingerprint density at radius 1 is 1.31 bits per heavy atom. The topological polar surface area (TPSA) is 106 Å². The van der Waals surface area contributed by atoms with Crippen molar-refractivity contribution in [2.45, 2.75) is 19.8 Å². The van der Waals surface area contributed by atoms with Crippen LogP contribution in [0.4, 0.5) is 5.69 Å². The lowest BCUT2D eigenvalue weighted by molar-refractivity contribution is 0.0955. The van der Waals surface area contributed by atoms with E-state index >= 15 is 0 Å². The van der Waals surface area contributed by atoms with E-state index in [4.69, 9.17) is 10.2 Å². The molecule has 26 heavy (non-hydrogen) atoms. The molecule has 0 spiro atoms. The molecule has 1 aromatic carbocycles. The maximum Gasteiger partial charge on any atom is 0.229 e. The number of nitriles is 1. The van der Waals surface area contributed by atoms with Crippen molar-refractivity contribution in [3.63, 3.8) is 0 Å². The number of para-hydroxylation sites is 1. The van der Waals surface area contributed by atoms with Gasteiger partial charge in [0.2, 0.25) is 11.5 Å². The third-order valence-electron chi connectivity index (χ3n) is 4.20. The van der Waals surface area contributed by atoms with Gasteiger partial charge in [0.05, 0.1) is 27.4 Å². The number of thiazole rings is 1. The summed E-state index contributed by atoms with van der Waals surface area (Å²) in [6, 6.07) is 11.4. The van der Waals surface area contributed by atoms with Gasteiger partial charge in [0.15, 0.2) is 11.7 Å². The minimum absolute atomic E-state index is 0.0352. The molecule has 3 aromatic heterocycles. The highest BCUT2D eigenvalue weighted by molar-refractivity contribution is 7.18. The Labute approximate surface area is 152 Å². The van der Waals surface area contributed by atoms with Crippen molar-refractivity contribution in [3.05, 3.63) is 52.4 Å². The molecule has 0 fully saturated rings. The second-order valence-electron chi connectivity index (χ2n) is 6.05. The molecule has 3 heterocycles. The van der Waals surface area contributed by atoms with E-state index in [1.165, 1.54) is 11.3 Å². The number of benzene rings is 1. The summed E-state index contributed by atoms with van der Waals surface area (Å²) < 4.78 is 6.56. The van der Waals surface area contributed by atoms with Crippen LogP contribution in [0.1, 0.15) is 32.7 Å². The normalized spacial score (nSPS) is 12.3. The van der Waals surface area contributed by atoms with Gasteiger partial charge in [-0.2, -0.15) is 5.26 Å². The molecule has 0 amide bonds. The van der Waals surface area contributed by atoms with E-state index in [1.807, 2.05) is 50.2 Å². The van der Waals surface area contributed by atoms with Gasteiger partial charge in [-0.3, -0.25) is 4.79 Å². The molecule has 7 heteroatoms. The number of nitrogens with zero attached hydrogens (tertiary/aromatic N) is 3. The van der Waals surface area contributed by atoms with Gasteiger partial charge < -0.3 is 10.2 Å². The van der Waals surface area contributed by atoms with Crippen LogP contribution in [0.15, 0.2) is 34.7 Å². The number of nitrogen functional groups attached to an aromatic ring is 1. The average Bonchev–Trinajstić information content (AvgIpc) is 3.16. The second-order valence-corrected chi connectivity index (χ2v) is 7.11. The lowest BCUT2D eigenvalue weighted by Gasteiger charge is -2.03. The summed E-state index contributed by atoms with van der Waals surface area (Å²) in [7, 11) is 0. The van der Waals surface area contributed by atoms with Crippen LogP contribution >= 0.6 is 11.3 Å². The van der Waals surface area contributed by atoms with E-state index in [-0.39, 0.29) is 11.4 Å². The fourth-order valence-electron chi connectivity index (χ4n) is 3.02. The van der Waals surface area contributed by atoms with Crippen LogP contribution in [0.3, 0.4) is 0 Å². The zero-order valence-electron chi connectivity index (χ0n) is 14.1. The van der Waals surface area contributed by atoms with Crippen molar-refractivity contribution in [2.75, 3.05) is 5.73 Å². The SMILES string of the molecule is Cc1cc(C)c2c(N)c(C(=O)C(C#N)c3nc4ccccc4s3)oc2n1. The minimum atomic E-state index is -1.07. The van der Waals surface area contributed by atoms with E-state index in [9.17, 15) is 10.1 Å². The lowest BCUT2D eigenvalue weighted by Crippen LogP contribution is -2.12. The van der Waals surface area contributed by atoms with Gasteiger partial charge in [-0.15, -0.1) is 11.3 Å². The Balaban J connectivity index is 1.83. The first-order valence-electron chi connectivity index (χ1n) is 7.95. The van der Waals surface area contributed by atoms with E-state index in [0.29, 0.717) is 16.1 Å². The lowest BCUT2D eigenvalue weighted by atomic mass is 10.0. The highest BCUT2D eigenvalue weighted by atomic mass is 32.1. The van der Waals surface area contributed by atoms with Crippen molar-refractivity contribution in [1.29, 1.82) is 5.26 Å². The maximum atomic E-state index is 13.0. The fourth-order valence-corrected chi connectivity index (χ4v) is 4.03. The molecule has 0 radical (unpaired) electrons. The van der Waals surface area contributed by atoms with Crippen LogP contribution in [0.5, 0.6) is 0 Å². The molecule has 0 aliphatic heterocycles. The fraction of sp³-hybridized carbons (Fsp3) is 0.158. The molecule has 0 saturated heterocycles. The van der Waals surface area contributed by atoms with Crippen molar-refractivity contribution >= 4 is 44.1 Å². The Kier molecular flexibility index (Phi) is 3.71. The Morgan fingerprint density at radius 3 is 2.81 bits per heavy atom. The average molecular weight is 362 g/mol. The number of furan rings is 1. The maximum absolute atomic E-state index is 13.0. The van der Waals surface area contributed by atoms with Gasteiger partial charge >= 0.3 is 0 Å². The molecule has 1 atom stereocenters. The van der Waals surface area contributed by atoms with Crippen LogP contribution in [-0.4, -0.2) is 15.8 Å². The first-order valence-corrected chi connectivity index (χ1v) is 8.76. The number of ketones is 1. The van der Waals surface area contributed by atoms with Gasteiger partial charge in [0, 0.05) is 5.69 Å². The summed E-state index contributed by atoms with van der Waals surface area (Å²) in [6.45, 7) is 3.72. The smallest absolute Gasteiger partial charge is 0.229 e. The van der Waals surface area contributed by atoms with Crippen LogP contribution in [-0.2, 0) is 0 Å². The number of carbonyl (C=O) groups is 1. The van der Waals surface area contributed by atoms with Gasteiger partial charge in [0.1, 0.15) is 5.01 Å². The zero-order valence-corrected chi connectivity index (χ0v) is 14.9. The number of hydrogen-bond acceptors (Lipinski definition) is 7. The number of fused-ring (bicyclic) bond motifs is 2. The molecule has 4 aromatic rings. The number of anilines is 1. The van der Waals surface area contributed by atoms with E-state index < -0.39 is 11.7 Å². The number of hydrogen-bond donors (Lipinski definition) is 1. The van der Waals surface area contributed by atoms with Crippen molar-refractivity contribution in [3.8, 4) is 6.07 Å². The predicted molar refractivity (Wildman–Crippen MR) is 100 cm³/mol. The number of nitrogens with two attached hydrogens (primary N) is 1. The van der Waals surface area contributed by atoms with Gasteiger partial charge in [-0.1, -0.05) is 12.1 Å². The monoisotopic (exact) mass is 362 g/mol. The summed E-state index contributed by atoms with van der Waals surface area (Å²) in [6.07, 6.45) is 0. The Morgan fingerprint density at radius 2 is 2.08 bits per heavy atom. The molecule has 0 saturated carbocycles. The van der Waals surface area contributed by atoms with Crippen molar-refractivity contribution in [1.82, 2.24) is 9.97 Å². The highest BCUT2D eigenvalue weighted by Gasteiger charge is 2.31. The Bertz CT molecular complexity index is 1180. The first kappa shape index (κ1) is 16.2. The highest BCUT2D eigenvalue weighted by Crippen LogP contribution is 2.35. The second kappa shape index (κ2) is 5.93. The van der Waals surface area contributed by atoms with Crippen LogP contribution in [0.2, 0.25) is 0 Å². The van der Waals surface area contributed by atoms with E-state index in [2.05, 4.69) is 9.97 Å². The largest absolute Gasteiger partial charge is 0.432 e. The Hall–Kier alpha value is -3.24. The standard InChI is InChI=1S/C19H14N4O2S/c1-9-7-10(2)22-18-14(9)15(21)17(25-18)16(24)11(8-20)19-23-12-5-3-4-6-13(12)26-19/h3-7,11H,21H2,1-2H3. The third kappa shape index (κ3) is 2.43. The van der Waals surface area contributed by atoms with Crippen molar-refractivity contribution < 1.29 is 9.21 Å².